The van der Waals surface area contributed by atoms with Crippen LogP contribution in [0.3, 0.4) is 0 Å². The van der Waals surface area contributed by atoms with E-state index in [2.05, 4.69) is 5.32 Å². The molecule has 0 aromatic heterocycles. The number of phenolic OH excluding ortho intramolecular Hbond substituents is 1. The SMILES string of the molecule is O=C(O)[C@H](Cc1ccc(O)c(I)c1)NC(=O)[C@@H]1CSCN1S(=O)(=O)c1cc(Cl)cc(Cl)c1. The Bertz CT molecular complexity index is 1140. The van der Waals surface area contributed by atoms with Crippen molar-refractivity contribution in [3.8, 4) is 5.75 Å². The van der Waals surface area contributed by atoms with Crippen molar-refractivity contribution in [3.63, 3.8) is 0 Å². The Balaban J connectivity index is 1.80. The Kier molecular flexibility index (Phi) is 8.20. The fourth-order valence-electron chi connectivity index (χ4n) is 3.06. The fraction of sp³-hybridized carbons (Fsp3) is 0.263. The van der Waals surface area contributed by atoms with Crippen LogP contribution in [0.25, 0.3) is 0 Å². The number of aliphatic carboxylic acids is 1. The second-order valence-corrected chi connectivity index (χ2v) is 11.8. The lowest BCUT2D eigenvalue weighted by Gasteiger charge is -2.24. The molecule has 0 saturated carbocycles. The number of thioether (sulfide) groups is 1. The quantitative estimate of drug-likeness (QED) is 0.402. The Hall–Kier alpha value is -1.25. The molecule has 1 aliphatic rings. The van der Waals surface area contributed by atoms with Crippen molar-refractivity contribution in [1.82, 2.24) is 9.62 Å². The summed E-state index contributed by atoms with van der Waals surface area (Å²) in [5.41, 5.74) is 0.596. The molecule has 0 radical (unpaired) electrons. The number of hydrogen-bond acceptors (Lipinski definition) is 6. The number of sulfonamides is 1. The van der Waals surface area contributed by atoms with E-state index >= 15 is 0 Å². The van der Waals surface area contributed by atoms with Crippen LogP contribution in [0.5, 0.6) is 5.75 Å². The number of carboxylic acid groups (broad SMARTS) is 1. The van der Waals surface area contributed by atoms with E-state index in [1.54, 1.807) is 12.1 Å². The number of amides is 1. The van der Waals surface area contributed by atoms with Crippen molar-refractivity contribution in [2.45, 2.75) is 23.4 Å². The molecule has 2 aromatic rings. The predicted molar refractivity (Wildman–Crippen MR) is 131 cm³/mol. The minimum absolute atomic E-state index is 0.0262. The van der Waals surface area contributed by atoms with E-state index in [1.165, 1.54) is 36.0 Å². The summed E-state index contributed by atoms with van der Waals surface area (Å²) in [6.45, 7) is 0. The highest BCUT2D eigenvalue weighted by molar-refractivity contribution is 14.1. The first-order valence-corrected chi connectivity index (χ1v) is 13.5. The molecular weight excluding hydrogens is 614 g/mol. The van der Waals surface area contributed by atoms with Crippen molar-refractivity contribution in [2.75, 3.05) is 11.6 Å². The van der Waals surface area contributed by atoms with Gasteiger partial charge < -0.3 is 15.5 Å². The van der Waals surface area contributed by atoms with Crippen molar-refractivity contribution in [2.24, 2.45) is 0 Å². The van der Waals surface area contributed by atoms with Crippen molar-refractivity contribution in [3.05, 3.63) is 55.6 Å². The molecule has 2 aromatic carbocycles. The Morgan fingerprint density at radius 2 is 1.88 bits per heavy atom. The first-order chi connectivity index (χ1) is 15.0. The van der Waals surface area contributed by atoms with Gasteiger partial charge in [0.15, 0.2) is 0 Å². The number of hydrogen-bond donors (Lipinski definition) is 3. The zero-order valence-electron chi connectivity index (χ0n) is 16.2. The number of carbonyl (C=O) groups is 2. The summed E-state index contributed by atoms with van der Waals surface area (Å²) in [5.74, 6) is -1.72. The Labute approximate surface area is 212 Å². The van der Waals surface area contributed by atoms with Gasteiger partial charge >= 0.3 is 5.97 Å². The summed E-state index contributed by atoms with van der Waals surface area (Å²) in [6, 6.07) is 6.12. The number of aromatic hydroxyl groups is 1. The minimum Gasteiger partial charge on any atom is -0.507 e. The van der Waals surface area contributed by atoms with Gasteiger partial charge in [-0.05, 0) is 58.5 Å². The molecule has 0 spiro atoms. The number of carbonyl (C=O) groups excluding carboxylic acids is 1. The van der Waals surface area contributed by atoms with Crippen LogP contribution >= 0.6 is 57.6 Å². The van der Waals surface area contributed by atoms with Gasteiger partial charge in [0, 0.05) is 22.2 Å². The zero-order chi connectivity index (χ0) is 23.6. The highest BCUT2D eigenvalue weighted by Crippen LogP contribution is 2.31. The van der Waals surface area contributed by atoms with E-state index in [0.29, 0.717) is 9.13 Å². The molecule has 2 atom stereocenters. The third-order valence-corrected chi connectivity index (χ3v) is 8.96. The third kappa shape index (κ3) is 5.81. The summed E-state index contributed by atoms with van der Waals surface area (Å²) in [6.07, 6.45) is -0.0339. The molecule has 13 heteroatoms. The summed E-state index contributed by atoms with van der Waals surface area (Å²) < 4.78 is 27.8. The van der Waals surface area contributed by atoms with Crippen molar-refractivity contribution < 1.29 is 28.2 Å². The molecule has 1 heterocycles. The van der Waals surface area contributed by atoms with E-state index in [4.69, 9.17) is 23.2 Å². The van der Waals surface area contributed by atoms with E-state index < -0.39 is 34.0 Å². The maximum atomic E-state index is 13.1. The first-order valence-electron chi connectivity index (χ1n) is 9.05. The maximum absolute atomic E-state index is 13.1. The van der Waals surface area contributed by atoms with E-state index in [1.807, 2.05) is 22.6 Å². The zero-order valence-corrected chi connectivity index (χ0v) is 21.5. The number of phenols is 1. The number of halogens is 3. The topological polar surface area (TPSA) is 124 Å². The average molecular weight is 631 g/mol. The number of nitrogens with zero attached hydrogens (tertiary/aromatic N) is 1. The predicted octanol–water partition coefficient (Wildman–Crippen LogP) is 3.18. The molecule has 3 rings (SSSR count). The highest BCUT2D eigenvalue weighted by Gasteiger charge is 2.41. The van der Waals surface area contributed by atoms with Gasteiger partial charge in [-0.15, -0.1) is 11.8 Å². The Morgan fingerprint density at radius 1 is 1.22 bits per heavy atom. The van der Waals surface area contributed by atoms with Crippen molar-refractivity contribution >= 4 is 79.5 Å². The minimum atomic E-state index is -4.10. The van der Waals surface area contributed by atoms with Crippen LogP contribution in [0.15, 0.2) is 41.3 Å². The molecule has 0 bridgehead atoms. The van der Waals surface area contributed by atoms with Gasteiger partial charge in [0.05, 0.1) is 14.3 Å². The van der Waals surface area contributed by atoms with E-state index in [9.17, 15) is 28.2 Å². The normalized spacial score (nSPS) is 17.8. The van der Waals surface area contributed by atoms with Crippen molar-refractivity contribution in [1.29, 1.82) is 0 Å². The fourth-order valence-corrected chi connectivity index (χ4v) is 7.52. The van der Waals surface area contributed by atoms with Crippen LogP contribution in [0.1, 0.15) is 5.56 Å². The molecule has 0 unspecified atom stereocenters. The van der Waals surface area contributed by atoms with Crippen LogP contribution in [-0.4, -0.2) is 58.5 Å². The molecule has 172 valence electrons. The maximum Gasteiger partial charge on any atom is 0.326 e. The smallest absolute Gasteiger partial charge is 0.326 e. The summed E-state index contributed by atoms with van der Waals surface area (Å²) in [4.78, 5) is 24.5. The lowest BCUT2D eigenvalue weighted by atomic mass is 10.1. The van der Waals surface area contributed by atoms with Crippen LogP contribution in [-0.2, 0) is 26.0 Å². The van der Waals surface area contributed by atoms with Crippen LogP contribution < -0.4 is 5.32 Å². The van der Waals surface area contributed by atoms with Gasteiger partial charge in [-0.3, -0.25) is 4.79 Å². The number of rotatable bonds is 7. The number of benzene rings is 2. The molecule has 8 nitrogen and oxygen atoms in total. The van der Waals surface area contributed by atoms with E-state index in [-0.39, 0.29) is 38.7 Å². The highest BCUT2D eigenvalue weighted by atomic mass is 127. The molecule has 1 aliphatic heterocycles. The van der Waals surface area contributed by atoms with Gasteiger partial charge in [-0.2, -0.15) is 4.31 Å². The molecule has 3 N–H and O–H groups in total. The lowest BCUT2D eigenvalue weighted by molar-refractivity contribution is -0.142. The van der Waals surface area contributed by atoms with E-state index in [0.717, 1.165) is 4.31 Å². The van der Waals surface area contributed by atoms with Crippen LogP contribution in [0.2, 0.25) is 10.0 Å². The number of carboxylic acids is 1. The molecule has 1 amide bonds. The van der Waals surface area contributed by atoms with Crippen LogP contribution in [0.4, 0.5) is 0 Å². The van der Waals surface area contributed by atoms with Gasteiger partial charge in [0.2, 0.25) is 15.9 Å². The van der Waals surface area contributed by atoms with Gasteiger partial charge in [-0.25, -0.2) is 13.2 Å². The number of nitrogens with one attached hydrogen (secondary N) is 1. The molecular formula is C19H17Cl2IN2O6S2. The van der Waals surface area contributed by atoms with Gasteiger partial charge in [0.1, 0.15) is 17.8 Å². The molecule has 32 heavy (non-hydrogen) atoms. The van der Waals surface area contributed by atoms with Gasteiger partial charge in [0.25, 0.3) is 0 Å². The average Bonchev–Trinajstić information content (AvgIpc) is 3.20. The third-order valence-electron chi connectivity index (χ3n) is 4.65. The Morgan fingerprint density at radius 3 is 2.47 bits per heavy atom. The van der Waals surface area contributed by atoms with Gasteiger partial charge in [-0.1, -0.05) is 29.3 Å². The monoisotopic (exact) mass is 630 g/mol. The lowest BCUT2D eigenvalue weighted by Crippen LogP contribution is -2.52. The summed E-state index contributed by atoms with van der Waals surface area (Å²) in [7, 11) is -4.10. The molecule has 1 saturated heterocycles. The van der Waals surface area contributed by atoms with Crippen LogP contribution in [0, 0.1) is 3.57 Å². The second kappa shape index (κ2) is 10.3. The second-order valence-electron chi connectivity index (χ2n) is 6.90. The standard InChI is InChI=1S/C19H17Cl2IN2O6S2/c20-11-5-12(21)7-13(6-11)32(29,30)24-9-31-8-16(24)18(26)23-15(19(27)28)4-10-1-2-17(25)14(22)3-10/h1-3,5-7,15-16,25H,4,8-9H2,(H,23,26)(H,27,28)/t15-,16-/m0/s1. The summed E-state index contributed by atoms with van der Waals surface area (Å²) >= 11 is 15.0. The molecule has 1 fully saturated rings. The molecule has 0 aliphatic carbocycles. The summed E-state index contributed by atoms with van der Waals surface area (Å²) in [5, 5.41) is 21.9. The first kappa shape index (κ1) is 25.4. The largest absolute Gasteiger partial charge is 0.507 e.